The summed E-state index contributed by atoms with van der Waals surface area (Å²) in [6.07, 6.45) is 0. The smallest absolute Gasteiger partial charge is 0.229 e. The van der Waals surface area contributed by atoms with Gasteiger partial charge in [-0.2, -0.15) is 4.98 Å². The highest BCUT2D eigenvalue weighted by molar-refractivity contribution is 9.10. The van der Waals surface area contributed by atoms with Crippen LogP contribution in [0.25, 0.3) is 0 Å². The lowest BCUT2D eigenvalue weighted by Crippen LogP contribution is -2.18. The molecule has 1 aromatic heterocycles. The van der Waals surface area contributed by atoms with Crippen LogP contribution in [0.5, 0.6) is 0 Å². The van der Waals surface area contributed by atoms with E-state index in [-0.39, 0.29) is 0 Å². The molecule has 0 spiro atoms. The Hall–Kier alpha value is -2.40. The molecule has 0 fully saturated rings. The Balaban J connectivity index is 1.79. The van der Waals surface area contributed by atoms with Crippen LogP contribution in [0.3, 0.4) is 0 Å². The lowest BCUT2D eigenvalue weighted by Gasteiger charge is -2.19. The second kappa shape index (κ2) is 7.45. The fourth-order valence-electron chi connectivity index (χ4n) is 2.40. The Morgan fingerprint density at radius 2 is 1.71 bits per heavy atom. The number of aryl methyl sites for hydroxylation is 1. The third kappa shape index (κ3) is 4.32. The van der Waals surface area contributed by atoms with Crippen LogP contribution in [0, 0.1) is 6.92 Å². The molecule has 5 heteroatoms. The molecule has 0 saturated heterocycles. The van der Waals surface area contributed by atoms with Crippen molar-refractivity contribution in [3.05, 3.63) is 76.4 Å². The van der Waals surface area contributed by atoms with Gasteiger partial charge < -0.3 is 10.2 Å². The van der Waals surface area contributed by atoms with Crippen LogP contribution in [0.2, 0.25) is 0 Å². The molecule has 0 bridgehead atoms. The quantitative estimate of drug-likeness (QED) is 0.679. The van der Waals surface area contributed by atoms with E-state index < -0.39 is 0 Å². The summed E-state index contributed by atoms with van der Waals surface area (Å²) < 4.78 is 1.04. The lowest BCUT2D eigenvalue weighted by atomic mass is 10.2. The Kier molecular flexibility index (Phi) is 5.11. The normalized spacial score (nSPS) is 10.5. The largest absolute Gasteiger partial charge is 0.355 e. The molecule has 1 heterocycles. The van der Waals surface area contributed by atoms with E-state index in [9.17, 15) is 0 Å². The maximum atomic E-state index is 4.64. The molecule has 0 aliphatic carbocycles. The topological polar surface area (TPSA) is 41.1 Å². The monoisotopic (exact) mass is 382 g/mol. The zero-order chi connectivity index (χ0) is 16.9. The highest BCUT2D eigenvalue weighted by Gasteiger charge is 2.08. The molecule has 24 heavy (non-hydrogen) atoms. The van der Waals surface area contributed by atoms with Crippen LogP contribution in [0.4, 0.5) is 17.5 Å². The van der Waals surface area contributed by atoms with Gasteiger partial charge in [-0.25, -0.2) is 4.98 Å². The van der Waals surface area contributed by atoms with Gasteiger partial charge in [0.25, 0.3) is 0 Å². The molecular weight excluding hydrogens is 364 g/mol. The summed E-state index contributed by atoms with van der Waals surface area (Å²) in [4.78, 5) is 11.2. The summed E-state index contributed by atoms with van der Waals surface area (Å²) in [6, 6.07) is 20.3. The van der Waals surface area contributed by atoms with Gasteiger partial charge in [-0.15, -0.1) is 0 Å². The summed E-state index contributed by atoms with van der Waals surface area (Å²) >= 11 is 3.44. The van der Waals surface area contributed by atoms with Gasteiger partial charge in [0.05, 0.1) is 0 Å². The third-order valence-electron chi connectivity index (χ3n) is 3.59. The third-order valence-corrected chi connectivity index (χ3v) is 4.12. The van der Waals surface area contributed by atoms with Crippen molar-refractivity contribution in [2.75, 3.05) is 17.3 Å². The van der Waals surface area contributed by atoms with Gasteiger partial charge in [0, 0.05) is 35.5 Å². The van der Waals surface area contributed by atoms with Crippen LogP contribution in [0.1, 0.15) is 11.3 Å². The van der Waals surface area contributed by atoms with Crippen molar-refractivity contribution in [3.8, 4) is 0 Å². The summed E-state index contributed by atoms with van der Waals surface area (Å²) in [5.41, 5.74) is 3.14. The molecule has 0 aliphatic rings. The summed E-state index contributed by atoms with van der Waals surface area (Å²) in [5, 5.41) is 3.26. The Morgan fingerprint density at radius 1 is 1.00 bits per heavy atom. The fraction of sp³-hybridized carbons (Fsp3) is 0.158. The number of rotatable bonds is 5. The number of nitrogens with zero attached hydrogens (tertiary/aromatic N) is 3. The van der Waals surface area contributed by atoms with Crippen LogP contribution in [-0.4, -0.2) is 17.0 Å². The van der Waals surface area contributed by atoms with Crippen LogP contribution < -0.4 is 10.2 Å². The first-order valence-corrected chi connectivity index (χ1v) is 8.53. The van der Waals surface area contributed by atoms with Gasteiger partial charge in [0.1, 0.15) is 5.82 Å². The standard InChI is InChI=1S/C19H19BrN4/c1-14-12-18(24(2)13-15-6-4-3-5-7-15)23-19(21-14)22-17-10-8-16(20)9-11-17/h3-12H,13H2,1-2H3,(H,21,22,23). The number of aromatic nitrogens is 2. The van der Waals surface area contributed by atoms with E-state index in [1.54, 1.807) is 0 Å². The Morgan fingerprint density at radius 3 is 2.42 bits per heavy atom. The molecule has 0 amide bonds. The van der Waals surface area contributed by atoms with Gasteiger partial charge in [-0.1, -0.05) is 46.3 Å². The van der Waals surface area contributed by atoms with Crippen molar-refractivity contribution in [1.82, 2.24) is 9.97 Å². The van der Waals surface area contributed by atoms with E-state index in [1.165, 1.54) is 5.56 Å². The number of hydrogen-bond donors (Lipinski definition) is 1. The van der Waals surface area contributed by atoms with Gasteiger partial charge in [0.2, 0.25) is 5.95 Å². The first-order chi connectivity index (χ1) is 11.6. The molecule has 3 aromatic rings. The van der Waals surface area contributed by atoms with E-state index in [1.807, 2.05) is 50.4 Å². The van der Waals surface area contributed by atoms with E-state index >= 15 is 0 Å². The minimum atomic E-state index is 0.604. The first-order valence-electron chi connectivity index (χ1n) is 7.73. The average molecular weight is 383 g/mol. The first kappa shape index (κ1) is 16.5. The molecule has 122 valence electrons. The molecule has 2 aromatic carbocycles. The predicted molar refractivity (Wildman–Crippen MR) is 103 cm³/mol. The molecule has 0 atom stereocenters. The molecule has 1 N–H and O–H groups in total. The minimum Gasteiger partial charge on any atom is -0.355 e. The Labute approximate surface area is 150 Å². The fourth-order valence-corrected chi connectivity index (χ4v) is 2.67. The zero-order valence-electron chi connectivity index (χ0n) is 13.7. The highest BCUT2D eigenvalue weighted by Crippen LogP contribution is 2.20. The van der Waals surface area contributed by atoms with Crippen molar-refractivity contribution >= 4 is 33.4 Å². The van der Waals surface area contributed by atoms with E-state index in [0.717, 1.165) is 28.2 Å². The second-order valence-electron chi connectivity index (χ2n) is 5.66. The SMILES string of the molecule is Cc1cc(N(C)Cc2ccccc2)nc(Nc2ccc(Br)cc2)n1. The van der Waals surface area contributed by atoms with Gasteiger partial charge in [-0.05, 0) is 36.8 Å². The second-order valence-corrected chi connectivity index (χ2v) is 6.58. The molecule has 0 aliphatic heterocycles. The van der Waals surface area contributed by atoms with E-state index in [2.05, 4.69) is 60.4 Å². The van der Waals surface area contributed by atoms with Gasteiger partial charge in [0.15, 0.2) is 0 Å². The average Bonchev–Trinajstić information content (AvgIpc) is 2.57. The molecule has 0 unspecified atom stereocenters. The number of nitrogens with one attached hydrogen (secondary N) is 1. The van der Waals surface area contributed by atoms with Crippen molar-refractivity contribution < 1.29 is 0 Å². The predicted octanol–water partition coefficient (Wildman–Crippen LogP) is 4.93. The maximum absolute atomic E-state index is 4.64. The Bertz CT molecular complexity index is 803. The number of hydrogen-bond acceptors (Lipinski definition) is 4. The van der Waals surface area contributed by atoms with Crippen molar-refractivity contribution in [2.24, 2.45) is 0 Å². The maximum Gasteiger partial charge on any atom is 0.229 e. The minimum absolute atomic E-state index is 0.604. The van der Waals surface area contributed by atoms with Crippen molar-refractivity contribution in [2.45, 2.75) is 13.5 Å². The number of anilines is 3. The number of benzene rings is 2. The van der Waals surface area contributed by atoms with Crippen LogP contribution in [0.15, 0.2) is 65.1 Å². The molecular formula is C19H19BrN4. The summed E-state index contributed by atoms with van der Waals surface area (Å²) in [7, 11) is 2.04. The lowest BCUT2D eigenvalue weighted by molar-refractivity contribution is 0.888. The molecule has 4 nitrogen and oxygen atoms in total. The summed E-state index contributed by atoms with van der Waals surface area (Å²) in [5.74, 6) is 1.50. The highest BCUT2D eigenvalue weighted by atomic mass is 79.9. The van der Waals surface area contributed by atoms with E-state index in [0.29, 0.717) is 5.95 Å². The number of halogens is 1. The van der Waals surface area contributed by atoms with Crippen LogP contribution in [-0.2, 0) is 6.54 Å². The molecule has 0 radical (unpaired) electrons. The van der Waals surface area contributed by atoms with Gasteiger partial charge >= 0.3 is 0 Å². The molecule has 3 rings (SSSR count). The van der Waals surface area contributed by atoms with Gasteiger partial charge in [-0.3, -0.25) is 0 Å². The zero-order valence-corrected chi connectivity index (χ0v) is 15.3. The van der Waals surface area contributed by atoms with Crippen LogP contribution >= 0.6 is 15.9 Å². The van der Waals surface area contributed by atoms with Crippen molar-refractivity contribution in [1.29, 1.82) is 0 Å². The summed E-state index contributed by atoms with van der Waals surface area (Å²) in [6.45, 7) is 2.78. The molecule has 0 saturated carbocycles. The van der Waals surface area contributed by atoms with E-state index in [4.69, 9.17) is 0 Å². The van der Waals surface area contributed by atoms with Crippen molar-refractivity contribution in [3.63, 3.8) is 0 Å².